The fourth-order valence-corrected chi connectivity index (χ4v) is 2.88. The highest BCUT2D eigenvalue weighted by Crippen LogP contribution is 2.34. The Kier molecular flexibility index (Phi) is 3.19. The van der Waals surface area contributed by atoms with Gasteiger partial charge in [-0.05, 0) is 29.4 Å². The van der Waals surface area contributed by atoms with Crippen molar-refractivity contribution in [3.8, 4) is 16.5 Å². The molecule has 1 N–H and O–H groups in total. The quantitative estimate of drug-likeness (QED) is 0.904. The van der Waals surface area contributed by atoms with Crippen molar-refractivity contribution in [1.82, 2.24) is 10.1 Å². The summed E-state index contributed by atoms with van der Waals surface area (Å²) in [6.45, 7) is 1.96. The van der Waals surface area contributed by atoms with Crippen LogP contribution >= 0.6 is 11.3 Å². The lowest BCUT2D eigenvalue weighted by Gasteiger charge is -2.16. The van der Waals surface area contributed by atoms with Gasteiger partial charge in [0.2, 0.25) is 0 Å². The second kappa shape index (κ2) is 4.97. The van der Waals surface area contributed by atoms with Crippen LogP contribution in [0.4, 0.5) is 5.95 Å². The maximum Gasteiger partial charge on any atom is 0.273 e. The molecule has 1 fully saturated rings. The molecule has 1 aliphatic rings. The summed E-state index contributed by atoms with van der Waals surface area (Å²) in [5.41, 5.74) is 0. The van der Waals surface area contributed by atoms with Gasteiger partial charge in [0.15, 0.2) is 0 Å². The maximum atomic E-state index is 9.64. The third-order valence-corrected chi connectivity index (χ3v) is 4.03. The maximum absolute atomic E-state index is 9.64. The molecule has 2 aromatic heterocycles. The van der Waals surface area contributed by atoms with Gasteiger partial charge in [-0.1, -0.05) is 12.8 Å². The Morgan fingerprint density at radius 3 is 2.67 bits per heavy atom. The minimum Gasteiger partial charge on any atom is -0.506 e. The Labute approximate surface area is 109 Å². The molecule has 0 unspecified atom stereocenters. The second-order valence-corrected chi connectivity index (χ2v) is 5.35. The first-order chi connectivity index (χ1) is 8.84. The normalized spacial score (nSPS) is 16.8. The van der Waals surface area contributed by atoms with Crippen molar-refractivity contribution >= 4 is 17.3 Å². The molecule has 3 rings (SSSR count). The predicted octanol–water partition coefficient (Wildman–Crippen LogP) is 2.88. The molecule has 0 amide bonds. The molecule has 0 radical (unpaired) electrons. The van der Waals surface area contributed by atoms with Crippen molar-refractivity contribution in [2.75, 3.05) is 18.0 Å². The number of aromatic hydroxyl groups is 1. The topological polar surface area (TPSA) is 62.4 Å². The van der Waals surface area contributed by atoms with Gasteiger partial charge in [-0.2, -0.15) is 4.98 Å². The van der Waals surface area contributed by atoms with Crippen molar-refractivity contribution in [1.29, 1.82) is 0 Å². The molecule has 0 aliphatic carbocycles. The van der Waals surface area contributed by atoms with Crippen LogP contribution in [0.5, 0.6) is 5.75 Å². The number of hydrogen-bond acceptors (Lipinski definition) is 6. The van der Waals surface area contributed by atoms with Crippen LogP contribution in [-0.4, -0.2) is 28.3 Å². The Balaban J connectivity index is 1.82. The first kappa shape index (κ1) is 11.5. The van der Waals surface area contributed by atoms with Gasteiger partial charge in [0.25, 0.3) is 11.8 Å². The molecular formula is C12H15N3O2S. The summed E-state index contributed by atoms with van der Waals surface area (Å²) in [5, 5.41) is 15.5. The first-order valence-electron chi connectivity index (χ1n) is 6.20. The highest BCUT2D eigenvalue weighted by Gasteiger charge is 2.18. The summed E-state index contributed by atoms with van der Waals surface area (Å²) < 4.78 is 5.23. The molecule has 6 heteroatoms. The van der Waals surface area contributed by atoms with Crippen LogP contribution < -0.4 is 4.90 Å². The molecule has 0 bridgehead atoms. The van der Waals surface area contributed by atoms with Crippen molar-refractivity contribution < 1.29 is 9.63 Å². The first-order valence-corrected chi connectivity index (χ1v) is 7.08. The van der Waals surface area contributed by atoms with E-state index in [4.69, 9.17) is 4.52 Å². The molecule has 96 valence electrons. The molecule has 0 saturated carbocycles. The van der Waals surface area contributed by atoms with Gasteiger partial charge >= 0.3 is 0 Å². The minimum absolute atomic E-state index is 0.200. The Morgan fingerprint density at radius 2 is 2.00 bits per heavy atom. The average Bonchev–Trinajstić information content (AvgIpc) is 2.91. The summed E-state index contributed by atoms with van der Waals surface area (Å²) in [6, 6.07) is 1.63. The van der Waals surface area contributed by atoms with Gasteiger partial charge in [0.1, 0.15) is 10.6 Å². The van der Waals surface area contributed by atoms with Crippen molar-refractivity contribution in [3.05, 3.63) is 11.4 Å². The van der Waals surface area contributed by atoms with Crippen LogP contribution in [0.3, 0.4) is 0 Å². The van der Waals surface area contributed by atoms with E-state index in [9.17, 15) is 5.11 Å². The lowest BCUT2D eigenvalue weighted by atomic mass is 10.2. The van der Waals surface area contributed by atoms with Crippen molar-refractivity contribution in [3.63, 3.8) is 0 Å². The number of thiophene rings is 1. The zero-order valence-corrected chi connectivity index (χ0v) is 10.8. The Bertz CT molecular complexity index is 515. The standard InChI is InChI=1S/C12H15N3O2S/c16-9-5-8-18-10(9)11-13-12(14-17-11)15-6-3-1-2-4-7-15/h5,8,16H,1-4,6-7H2. The minimum atomic E-state index is 0.200. The SMILES string of the molecule is Oc1ccsc1-c1nc(N2CCCCCC2)no1. The predicted molar refractivity (Wildman–Crippen MR) is 70.0 cm³/mol. The van der Waals surface area contributed by atoms with Crippen LogP contribution in [0.1, 0.15) is 25.7 Å². The van der Waals surface area contributed by atoms with E-state index in [1.165, 1.54) is 37.0 Å². The van der Waals surface area contributed by atoms with E-state index in [-0.39, 0.29) is 5.75 Å². The van der Waals surface area contributed by atoms with Gasteiger partial charge in [-0.15, -0.1) is 11.3 Å². The third kappa shape index (κ3) is 2.20. The number of rotatable bonds is 2. The van der Waals surface area contributed by atoms with E-state index in [1.54, 1.807) is 11.4 Å². The van der Waals surface area contributed by atoms with E-state index in [0.717, 1.165) is 13.1 Å². The average molecular weight is 265 g/mol. The van der Waals surface area contributed by atoms with Gasteiger partial charge in [0, 0.05) is 13.1 Å². The van der Waals surface area contributed by atoms with Crippen LogP contribution in [-0.2, 0) is 0 Å². The Morgan fingerprint density at radius 1 is 1.22 bits per heavy atom. The van der Waals surface area contributed by atoms with Crippen LogP contribution in [0, 0.1) is 0 Å². The highest BCUT2D eigenvalue weighted by atomic mass is 32.1. The van der Waals surface area contributed by atoms with Crippen LogP contribution in [0.15, 0.2) is 16.0 Å². The number of aromatic nitrogens is 2. The molecule has 5 nitrogen and oxygen atoms in total. The van der Waals surface area contributed by atoms with Gasteiger partial charge < -0.3 is 14.5 Å². The lowest BCUT2D eigenvalue weighted by Crippen LogP contribution is -2.24. The highest BCUT2D eigenvalue weighted by molar-refractivity contribution is 7.13. The number of nitrogens with zero attached hydrogens (tertiary/aromatic N) is 3. The van der Waals surface area contributed by atoms with E-state index in [1.807, 2.05) is 0 Å². The smallest absolute Gasteiger partial charge is 0.273 e. The van der Waals surface area contributed by atoms with Crippen LogP contribution in [0.25, 0.3) is 10.8 Å². The molecular weight excluding hydrogens is 250 g/mol. The summed E-state index contributed by atoms with van der Waals surface area (Å²) in [4.78, 5) is 7.18. The summed E-state index contributed by atoms with van der Waals surface area (Å²) in [6.07, 6.45) is 4.89. The molecule has 0 spiro atoms. The van der Waals surface area contributed by atoms with E-state index in [2.05, 4.69) is 15.0 Å². The zero-order chi connectivity index (χ0) is 12.4. The molecule has 0 aromatic carbocycles. The molecule has 0 atom stereocenters. The van der Waals surface area contributed by atoms with E-state index >= 15 is 0 Å². The molecule has 2 aromatic rings. The van der Waals surface area contributed by atoms with Gasteiger partial charge in [0.05, 0.1) is 0 Å². The summed E-state index contributed by atoms with van der Waals surface area (Å²) in [5.74, 6) is 1.24. The van der Waals surface area contributed by atoms with E-state index < -0.39 is 0 Å². The number of hydrogen-bond donors (Lipinski definition) is 1. The van der Waals surface area contributed by atoms with Gasteiger partial charge in [-0.3, -0.25) is 0 Å². The fraction of sp³-hybridized carbons (Fsp3) is 0.500. The summed E-state index contributed by atoms with van der Waals surface area (Å²) >= 11 is 1.40. The van der Waals surface area contributed by atoms with E-state index in [0.29, 0.717) is 16.7 Å². The Hall–Kier alpha value is -1.56. The third-order valence-electron chi connectivity index (χ3n) is 3.14. The summed E-state index contributed by atoms with van der Waals surface area (Å²) in [7, 11) is 0. The second-order valence-electron chi connectivity index (χ2n) is 4.44. The molecule has 3 heterocycles. The van der Waals surface area contributed by atoms with Crippen molar-refractivity contribution in [2.24, 2.45) is 0 Å². The molecule has 18 heavy (non-hydrogen) atoms. The zero-order valence-electron chi connectivity index (χ0n) is 10.0. The molecule has 1 saturated heterocycles. The van der Waals surface area contributed by atoms with Crippen LogP contribution in [0.2, 0.25) is 0 Å². The molecule has 1 aliphatic heterocycles. The number of anilines is 1. The fourth-order valence-electron chi connectivity index (χ4n) is 2.17. The van der Waals surface area contributed by atoms with Crippen molar-refractivity contribution in [2.45, 2.75) is 25.7 Å². The lowest BCUT2D eigenvalue weighted by molar-refractivity contribution is 0.425. The monoisotopic (exact) mass is 265 g/mol. The van der Waals surface area contributed by atoms with Gasteiger partial charge in [-0.25, -0.2) is 0 Å². The largest absolute Gasteiger partial charge is 0.506 e.